The van der Waals surface area contributed by atoms with Gasteiger partial charge in [0.2, 0.25) is 0 Å². The van der Waals surface area contributed by atoms with Gasteiger partial charge in [-0.15, -0.1) is 0 Å². The highest BCUT2D eigenvalue weighted by Crippen LogP contribution is 2.45. The normalized spacial score (nSPS) is 11.0. The third-order valence-electron chi connectivity index (χ3n) is 8.73. The average molecular weight is 641 g/mol. The molecule has 0 radical (unpaired) electrons. The zero-order valence-corrected chi connectivity index (χ0v) is 26.3. The van der Waals surface area contributed by atoms with Crippen LogP contribution in [0.2, 0.25) is 0 Å². The van der Waals surface area contributed by atoms with Crippen LogP contribution in [0, 0.1) is 0 Å². The highest BCUT2D eigenvalue weighted by molar-refractivity contribution is 6.28. The molecule has 0 heterocycles. The van der Waals surface area contributed by atoms with E-state index in [9.17, 15) is 24.3 Å². The first-order valence-electron chi connectivity index (χ1n) is 15.6. The number of esters is 1. The van der Waals surface area contributed by atoms with Crippen LogP contribution in [0.15, 0.2) is 146 Å². The number of aromatic carboxylic acids is 1. The van der Waals surface area contributed by atoms with Crippen molar-refractivity contribution in [1.82, 2.24) is 0 Å². The quantitative estimate of drug-likeness (QED) is 0.131. The molecule has 0 saturated heterocycles. The lowest BCUT2D eigenvalue weighted by Gasteiger charge is -2.22. The van der Waals surface area contributed by atoms with E-state index in [0.717, 1.165) is 10.8 Å². The number of carbonyl (C=O) groups is 4. The molecule has 49 heavy (non-hydrogen) atoms. The van der Waals surface area contributed by atoms with Gasteiger partial charge in [0, 0.05) is 33.4 Å². The van der Waals surface area contributed by atoms with Crippen molar-refractivity contribution in [2.24, 2.45) is 0 Å². The largest absolute Gasteiger partial charge is 0.478 e. The minimum atomic E-state index is -1.31. The second-order valence-corrected chi connectivity index (χ2v) is 11.5. The van der Waals surface area contributed by atoms with Crippen LogP contribution in [-0.4, -0.2) is 35.7 Å². The number of hydrogen-bond donors (Lipinski definition) is 1. The van der Waals surface area contributed by atoms with Crippen LogP contribution < -0.4 is 0 Å². The van der Waals surface area contributed by atoms with Crippen molar-refractivity contribution in [2.45, 2.75) is 0 Å². The van der Waals surface area contributed by atoms with Crippen LogP contribution in [0.4, 0.5) is 0 Å². The summed E-state index contributed by atoms with van der Waals surface area (Å²) >= 11 is 0. The van der Waals surface area contributed by atoms with Gasteiger partial charge in [0.1, 0.15) is 0 Å². The van der Waals surface area contributed by atoms with Gasteiger partial charge in [0.15, 0.2) is 11.6 Å². The zero-order valence-electron chi connectivity index (χ0n) is 26.3. The molecular weight excluding hydrogens is 612 g/mol. The summed E-state index contributed by atoms with van der Waals surface area (Å²) in [5.74, 6) is -2.99. The second kappa shape index (κ2) is 12.9. The van der Waals surface area contributed by atoms with E-state index in [4.69, 9.17) is 4.74 Å². The number of ether oxygens (including phenoxy) is 1. The highest BCUT2D eigenvalue weighted by Gasteiger charge is 2.32. The Labute approximate surface area is 281 Å². The smallest absolute Gasteiger partial charge is 0.338 e. The molecular formula is C43H28O6. The van der Waals surface area contributed by atoms with Crippen LogP contribution in [-0.2, 0) is 4.74 Å². The highest BCUT2D eigenvalue weighted by atomic mass is 16.5. The molecule has 7 rings (SSSR count). The lowest BCUT2D eigenvalue weighted by atomic mass is 9.79. The van der Waals surface area contributed by atoms with Crippen LogP contribution in [0.3, 0.4) is 0 Å². The topological polar surface area (TPSA) is 97.7 Å². The number of benzene rings is 7. The Morgan fingerprint density at radius 3 is 1.59 bits per heavy atom. The lowest BCUT2D eigenvalue weighted by molar-refractivity contribution is 0.0597. The zero-order chi connectivity index (χ0) is 34.1. The van der Waals surface area contributed by atoms with Crippen molar-refractivity contribution in [3.63, 3.8) is 0 Å². The van der Waals surface area contributed by atoms with Crippen LogP contribution in [0.1, 0.15) is 52.6 Å². The van der Waals surface area contributed by atoms with Crippen LogP contribution >= 0.6 is 0 Å². The molecule has 0 atom stereocenters. The molecule has 0 unspecified atom stereocenters. The Morgan fingerprint density at radius 1 is 0.510 bits per heavy atom. The minimum Gasteiger partial charge on any atom is -0.478 e. The summed E-state index contributed by atoms with van der Waals surface area (Å²) in [5, 5.41) is 13.3. The SMILES string of the molecule is COC(=O)c1cc2c(-c3ccccc3)c(C(=O)c3ccccc3)c(C(=O)O)cc2c(-c2cccc3ccccc23)c1C(=O)c1ccccc1. The first-order valence-corrected chi connectivity index (χ1v) is 15.6. The Morgan fingerprint density at radius 2 is 1.00 bits per heavy atom. The lowest BCUT2D eigenvalue weighted by Crippen LogP contribution is -2.16. The van der Waals surface area contributed by atoms with Crippen molar-refractivity contribution in [2.75, 3.05) is 7.11 Å². The van der Waals surface area contributed by atoms with Crippen LogP contribution in [0.25, 0.3) is 43.8 Å². The molecule has 1 N–H and O–H groups in total. The first kappa shape index (κ1) is 31.0. The van der Waals surface area contributed by atoms with E-state index < -0.39 is 23.5 Å². The molecule has 0 saturated carbocycles. The maximum atomic E-state index is 14.6. The maximum absolute atomic E-state index is 14.6. The first-order chi connectivity index (χ1) is 23.9. The van der Waals surface area contributed by atoms with E-state index in [2.05, 4.69) is 0 Å². The van der Waals surface area contributed by atoms with Gasteiger partial charge < -0.3 is 9.84 Å². The van der Waals surface area contributed by atoms with E-state index in [1.54, 1.807) is 91.0 Å². The van der Waals surface area contributed by atoms with Gasteiger partial charge in [-0.25, -0.2) is 9.59 Å². The predicted octanol–water partition coefficient (Wildman–Crippen LogP) is 9.27. The molecule has 6 nitrogen and oxygen atoms in total. The molecule has 0 spiro atoms. The number of hydrogen-bond acceptors (Lipinski definition) is 5. The van der Waals surface area contributed by atoms with Crippen molar-refractivity contribution in [3.8, 4) is 22.3 Å². The molecule has 6 heteroatoms. The molecule has 0 fully saturated rings. The van der Waals surface area contributed by atoms with E-state index in [1.165, 1.54) is 13.2 Å². The molecule has 0 aliphatic heterocycles. The second-order valence-electron chi connectivity index (χ2n) is 11.5. The summed E-state index contributed by atoms with van der Waals surface area (Å²) < 4.78 is 5.29. The van der Waals surface area contributed by atoms with Gasteiger partial charge in [0.05, 0.1) is 18.2 Å². The Balaban J connectivity index is 1.75. The number of carboxylic acid groups (broad SMARTS) is 1. The summed E-state index contributed by atoms with van der Waals surface area (Å²) in [5.41, 5.74) is 2.32. The van der Waals surface area contributed by atoms with E-state index in [1.807, 2.05) is 48.5 Å². The van der Waals surface area contributed by atoms with Gasteiger partial charge in [-0.05, 0) is 44.8 Å². The Hall–Kier alpha value is -6.66. The van der Waals surface area contributed by atoms with Gasteiger partial charge >= 0.3 is 11.9 Å². The number of rotatable bonds is 8. The third-order valence-corrected chi connectivity index (χ3v) is 8.73. The summed E-state index contributed by atoms with van der Waals surface area (Å²) in [6, 6.07) is 42.4. The van der Waals surface area contributed by atoms with Gasteiger partial charge in [-0.3, -0.25) is 9.59 Å². The molecule has 7 aromatic rings. The predicted molar refractivity (Wildman–Crippen MR) is 190 cm³/mol. The monoisotopic (exact) mass is 640 g/mol. The fraction of sp³-hybridized carbons (Fsp3) is 0.0233. The summed E-state index contributed by atoms with van der Waals surface area (Å²) in [4.78, 5) is 56.0. The Kier molecular flexibility index (Phi) is 8.12. The maximum Gasteiger partial charge on any atom is 0.338 e. The number of carbonyl (C=O) groups excluding carboxylic acids is 3. The summed E-state index contributed by atoms with van der Waals surface area (Å²) in [6.45, 7) is 0. The fourth-order valence-electron chi connectivity index (χ4n) is 6.55. The van der Waals surface area contributed by atoms with Crippen LogP contribution in [0.5, 0.6) is 0 Å². The van der Waals surface area contributed by atoms with E-state index >= 15 is 0 Å². The van der Waals surface area contributed by atoms with Crippen molar-refractivity contribution in [1.29, 1.82) is 0 Å². The molecule has 0 bridgehead atoms. The standard InChI is InChI=1S/C43H28O6/c1-49-43(48)35-25-32-33(24-34(42(46)47)38(36(32)27-15-5-2-6-16-27)40(44)28-17-7-3-8-18-28)37(39(35)41(45)29-19-9-4-10-20-29)31-23-13-21-26-14-11-12-22-30(26)31/h2-25H,1H3,(H,46,47). The minimum absolute atomic E-state index is 0.00912. The molecule has 0 aliphatic carbocycles. The number of carboxylic acids is 1. The molecule has 236 valence electrons. The Bertz CT molecular complexity index is 2430. The fourth-order valence-corrected chi connectivity index (χ4v) is 6.55. The van der Waals surface area contributed by atoms with Gasteiger partial charge in [-0.2, -0.15) is 0 Å². The third kappa shape index (κ3) is 5.45. The number of ketones is 2. The average Bonchev–Trinajstić information content (AvgIpc) is 3.16. The molecule has 0 aliphatic rings. The van der Waals surface area contributed by atoms with E-state index in [0.29, 0.717) is 44.2 Å². The van der Waals surface area contributed by atoms with Crippen molar-refractivity contribution < 1.29 is 29.0 Å². The van der Waals surface area contributed by atoms with Gasteiger partial charge in [0.25, 0.3) is 0 Å². The number of fused-ring (bicyclic) bond motifs is 2. The number of methoxy groups -OCH3 is 1. The molecule has 7 aromatic carbocycles. The van der Waals surface area contributed by atoms with Crippen molar-refractivity contribution in [3.05, 3.63) is 179 Å². The van der Waals surface area contributed by atoms with Crippen molar-refractivity contribution >= 4 is 45.0 Å². The summed E-state index contributed by atoms with van der Waals surface area (Å²) in [7, 11) is 1.25. The molecule has 0 amide bonds. The summed E-state index contributed by atoms with van der Waals surface area (Å²) in [6.07, 6.45) is 0. The molecule has 0 aromatic heterocycles. The van der Waals surface area contributed by atoms with E-state index in [-0.39, 0.29) is 22.3 Å². The van der Waals surface area contributed by atoms with Gasteiger partial charge in [-0.1, -0.05) is 133 Å².